The molecule has 1 fully saturated rings. The lowest BCUT2D eigenvalue weighted by atomic mass is 10.2. The van der Waals surface area contributed by atoms with Gasteiger partial charge in [0.2, 0.25) is 0 Å². The number of nitrogens with zero attached hydrogens (tertiary/aromatic N) is 1. The predicted molar refractivity (Wildman–Crippen MR) is 141 cm³/mol. The summed E-state index contributed by atoms with van der Waals surface area (Å²) in [7, 11) is 0. The molecule has 6 nitrogen and oxygen atoms in total. The molecule has 2 aromatic rings. The summed E-state index contributed by atoms with van der Waals surface area (Å²) in [5.41, 5.74) is 4.54. The second-order valence-corrected chi connectivity index (χ2v) is 10.9. The molecule has 9 heteroatoms. The Morgan fingerprint density at radius 2 is 1.94 bits per heavy atom. The summed E-state index contributed by atoms with van der Waals surface area (Å²) in [5.74, 6) is 3.99. The number of carbonyl (C=O) groups is 1. The van der Waals surface area contributed by atoms with Gasteiger partial charge in [-0.3, -0.25) is 4.79 Å². The molecular weight excluding hydrogens is 524 g/mol. The van der Waals surface area contributed by atoms with Crippen LogP contribution in [0.4, 0.5) is 0 Å². The standard InChI is InChI=1S/C24H29BrN2O4S2/c1-4-16(3)31-23-20(25)12-17(13-21(23)29-5-2)14-26-27-22(28)15-30-19-8-6-18(7-9-19)24-32-10-11-33-24/h6-9,12-14,16,24H,4-5,10-11,15H2,1-3H3,(H,27,28)/b26-14-/t16-/m1/s1. The number of carbonyl (C=O) groups excluding carboxylic acids is 1. The van der Waals surface area contributed by atoms with E-state index in [1.54, 1.807) is 6.21 Å². The Morgan fingerprint density at radius 3 is 2.61 bits per heavy atom. The van der Waals surface area contributed by atoms with Crippen LogP contribution in [0.2, 0.25) is 0 Å². The number of nitrogens with one attached hydrogen (secondary N) is 1. The second kappa shape index (κ2) is 13.2. The van der Waals surface area contributed by atoms with Crippen LogP contribution in [0.5, 0.6) is 17.2 Å². The van der Waals surface area contributed by atoms with Crippen molar-refractivity contribution in [2.45, 2.75) is 37.9 Å². The maximum atomic E-state index is 12.1. The highest BCUT2D eigenvalue weighted by Crippen LogP contribution is 2.45. The third kappa shape index (κ3) is 7.86. The zero-order valence-corrected chi connectivity index (χ0v) is 22.2. The lowest BCUT2D eigenvalue weighted by Crippen LogP contribution is -2.24. The first-order chi connectivity index (χ1) is 16.0. The van der Waals surface area contributed by atoms with Gasteiger partial charge >= 0.3 is 0 Å². The average Bonchev–Trinajstić information content (AvgIpc) is 3.35. The van der Waals surface area contributed by atoms with E-state index in [1.807, 2.05) is 61.6 Å². The number of halogens is 1. The third-order valence-electron chi connectivity index (χ3n) is 4.77. The Kier molecular flexibility index (Phi) is 10.3. The number of hydrazone groups is 1. The number of amides is 1. The van der Waals surface area contributed by atoms with Crippen LogP contribution < -0.4 is 19.6 Å². The summed E-state index contributed by atoms with van der Waals surface area (Å²) >= 11 is 7.47. The molecule has 0 bridgehead atoms. The number of ether oxygens (including phenoxy) is 3. The molecule has 178 valence electrons. The summed E-state index contributed by atoms with van der Waals surface area (Å²) in [6, 6.07) is 11.6. The van der Waals surface area contributed by atoms with Gasteiger partial charge in [-0.05, 0) is 71.6 Å². The Hall–Kier alpha value is -1.84. The quantitative estimate of drug-likeness (QED) is 0.271. The van der Waals surface area contributed by atoms with Crippen LogP contribution in [-0.4, -0.2) is 42.9 Å². The average molecular weight is 554 g/mol. The minimum atomic E-state index is -0.335. The number of thioether (sulfide) groups is 2. The summed E-state index contributed by atoms with van der Waals surface area (Å²) in [4.78, 5) is 12.1. The molecule has 1 atom stereocenters. The van der Waals surface area contributed by atoms with Crippen molar-refractivity contribution in [1.29, 1.82) is 0 Å². The van der Waals surface area contributed by atoms with Crippen LogP contribution >= 0.6 is 39.5 Å². The van der Waals surface area contributed by atoms with E-state index in [-0.39, 0.29) is 18.6 Å². The normalized spacial score (nSPS) is 14.9. The minimum Gasteiger partial charge on any atom is -0.490 e. The van der Waals surface area contributed by atoms with Gasteiger partial charge in [0.15, 0.2) is 18.1 Å². The van der Waals surface area contributed by atoms with Crippen molar-refractivity contribution in [3.8, 4) is 17.2 Å². The molecule has 1 aliphatic rings. The molecule has 3 rings (SSSR count). The summed E-state index contributed by atoms with van der Waals surface area (Å²) in [6.07, 6.45) is 2.51. The lowest BCUT2D eigenvalue weighted by Gasteiger charge is -2.18. The monoisotopic (exact) mass is 552 g/mol. The van der Waals surface area contributed by atoms with Crippen LogP contribution in [0.1, 0.15) is 42.9 Å². The second-order valence-electron chi connectivity index (χ2n) is 7.32. The van der Waals surface area contributed by atoms with E-state index in [9.17, 15) is 4.79 Å². The van der Waals surface area contributed by atoms with E-state index >= 15 is 0 Å². The highest BCUT2D eigenvalue weighted by atomic mass is 79.9. The topological polar surface area (TPSA) is 69.2 Å². The van der Waals surface area contributed by atoms with Gasteiger partial charge in [0.25, 0.3) is 5.91 Å². The molecule has 0 unspecified atom stereocenters. The van der Waals surface area contributed by atoms with E-state index in [1.165, 1.54) is 17.1 Å². The molecule has 0 spiro atoms. The van der Waals surface area contributed by atoms with Gasteiger partial charge in [0.1, 0.15) is 5.75 Å². The highest BCUT2D eigenvalue weighted by Gasteiger charge is 2.18. The summed E-state index contributed by atoms with van der Waals surface area (Å²) in [5, 5.41) is 4.04. The van der Waals surface area contributed by atoms with Crippen molar-refractivity contribution >= 4 is 51.6 Å². The molecule has 0 aliphatic carbocycles. The molecule has 0 aromatic heterocycles. The van der Waals surface area contributed by atoms with E-state index in [0.29, 0.717) is 28.4 Å². The number of rotatable bonds is 11. The fourth-order valence-electron chi connectivity index (χ4n) is 2.96. The van der Waals surface area contributed by atoms with Crippen molar-refractivity contribution < 1.29 is 19.0 Å². The first kappa shape index (κ1) is 25.8. The molecule has 33 heavy (non-hydrogen) atoms. The van der Waals surface area contributed by atoms with Crippen molar-refractivity contribution in [1.82, 2.24) is 5.43 Å². The number of benzene rings is 2. The van der Waals surface area contributed by atoms with E-state index < -0.39 is 0 Å². The van der Waals surface area contributed by atoms with Crippen LogP contribution in [0.15, 0.2) is 46.0 Å². The molecule has 1 heterocycles. The Labute approximate surface area is 212 Å². The molecule has 2 aromatic carbocycles. The highest BCUT2D eigenvalue weighted by molar-refractivity contribution is 9.10. The van der Waals surface area contributed by atoms with E-state index in [4.69, 9.17) is 14.2 Å². The lowest BCUT2D eigenvalue weighted by molar-refractivity contribution is -0.123. The van der Waals surface area contributed by atoms with Crippen LogP contribution in [0, 0.1) is 0 Å². The first-order valence-electron chi connectivity index (χ1n) is 10.9. The van der Waals surface area contributed by atoms with Gasteiger partial charge in [-0.2, -0.15) is 5.10 Å². The largest absolute Gasteiger partial charge is 0.490 e. The zero-order valence-electron chi connectivity index (χ0n) is 19.0. The predicted octanol–water partition coefficient (Wildman–Crippen LogP) is 6.03. The Balaban J connectivity index is 1.52. The van der Waals surface area contributed by atoms with E-state index in [2.05, 4.69) is 45.5 Å². The van der Waals surface area contributed by atoms with E-state index in [0.717, 1.165) is 16.5 Å². The minimum absolute atomic E-state index is 0.0657. The first-order valence-corrected chi connectivity index (χ1v) is 13.8. The molecular formula is C24H29BrN2O4S2. The molecule has 1 saturated heterocycles. The van der Waals surface area contributed by atoms with Crippen molar-refractivity contribution in [2.75, 3.05) is 24.7 Å². The maximum Gasteiger partial charge on any atom is 0.277 e. The van der Waals surface area contributed by atoms with Crippen LogP contribution in [-0.2, 0) is 4.79 Å². The van der Waals surface area contributed by atoms with Gasteiger partial charge in [0, 0.05) is 11.5 Å². The Morgan fingerprint density at radius 1 is 1.21 bits per heavy atom. The maximum absolute atomic E-state index is 12.1. The van der Waals surface area contributed by atoms with Gasteiger partial charge in [-0.1, -0.05) is 19.1 Å². The molecule has 1 amide bonds. The third-order valence-corrected chi connectivity index (χ3v) is 8.47. The molecule has 1 N–H and O–H groups in total. The van der Waals surface area contributed by atoms with Gasteiger partial charge in [-0.15, -0.1) is 23.5 Å². The van der Waals surface area contributed by atoms with Crippen LogP contribution in [0.3, 0.4) is 0 Å². The fraction of sp³-hybridized carbons (Fsp3) is 0.417. The van der Waals surface area contributed by atoms with Gasteiger partial charge in [-0.25, -0.2) is 5.43 Å². The van der Waals surface area contributed by atoms with Crippen LogP contribution in [0.25, 0.3) is 0 Å². The van der Waals surface area contributed by atoms with Gasteiger partial charge in [0.05, 0.1) is 28.0 Å². The van der Waals surface area contributed by atoms with Gasteiger partial charge < -0.3 is 14.2 Å². The van der Waals surface area contributed by atoms with Crippen molar-refractivity contribution in [2.24, 2.45) is 5.10 Å². The fourth-order valence-corrected chi connectivity index (χ4v) is 6.37. The SMILES string of the molecule is CCOc1cc(/C=N\NC(=O)COc2ccc(C3SCCS3)cc2)cc(Br)c1O[C@H](C)CC. The number of hydrogen-bond donors (Lipinski definition) is 1. The van der Waals surface area contributed by atoms with Crippen molar-refractivity contribution in [3.63, 3.8) is 0 Å². The zero-order chi connectivity index (χ0) is 23.6. The molecule has 0 saturated carbocycles. The van der Waals surface area contributed by atoms with Crippen molar-refractivity contribution in [3.05, 3.63) is 52.0 Å². The number of hydrogen-bond acceptors (Lipinski definition) is 7. The summed E-state index contributed by atoms with van der Waals surface area (Å²) < 4.78 is 18.6. The molecule has 0 radical (unpaired) electrons. The molecule has 1 aliphatic heterocycles. The summed E-state index contributed by atoms with van der Waals surface area (Å²) in [6.45, 7) is 6.39. The Bertz CT molecular complexity index is 950. The smallest absolute Gasteiger partial charge is 0.277 e.